The molecule has 3 aromatic rings. The third-order valence-corrected chi connectivity index (χ3v) is 7.40. The van der Waals surface area contributed by atoms with E-state index in [0.29, 0.717) is 37.0 Å². The predicted octanol–water partition coefficient (Wildman–Crippen LogP) is 8.31. The molecule has 0 aromatic heterocycles. The molecule has 2 amide bonds. The molecule has 1 heterocycles. The summed E-state index contributed by atoms with van der Waals surface area (Å²) in [5, 5.41) is 1.21. The molecule has 0 radical (unpaired) electrons. The number of ether oxygens (including phenoxy) is 1. The van der Waals surface area contributed by atoms with Crippen molar-refractivity contribution in [3.63, 3.8) is 0 Å². The molecule has 0 saturated carbocycles. The van der Waals surface area contributed by atoms with Crippen LogP contribution < -0.4 is 14.5 Å². The SMILES string of the molecule is CCN(CC)c1ccc(/C=C2\SC(=O)N(c3ccc(Cl)cc3)C2=O)c(OCc2ccc(Cl)cc2Cl)c1. The number of imide groups is 1. The number of rotatable bonds is 8. The van der Waals surface area contributed by atoms with Crippen LogP contribution in [-0.4, -0.2) is 24.2 Å². The Kier molecular flexibility index (Phi) is 8.52. The standard InChI is InChI=1S/C27H23Cl3N2O3S/c1-3-31(4-2)22-10-6-17(24(15-22)35-16-18-5-7-20(29)14-23(18)30)13-25-26(33)32(27(34)36-25)21-11-8-19(28)9-12-21/h5-15H,3-4,16H2,1-2H3/b25-13-. The van der Waals surface area contributed by atoms with Gasteiger partial charge < -0.3 is 9.64 Å². The van der Waals surface area contributed by atoms with Crippen LogP contribution in [0, 0.1) is 0 Å². The van der Waals surface area contributed by atoms with Gasteiger partial charge in [-0.15, -0.1) is 0 Å². The summed E-state index contributed by atoms with van der Waals surface area (Å²) in [6.45, 7) is 6.04. The van der Waals surface area contributed by atoms with Gasteiger partial charge >= 0.3 is 0 Å². The van der Waals surface area contributed by atoms with E-state index in [1.54, 1.807) is 42.5 Å². The zero-order valence-electron chi connectivity index (χ0n) is 19.6. The molecule has 36 heavy (non-hydrogen) atoms. The topological polar surface area (TPSA) is 49.9 Å². The Morgan fingerprint density at radius 1 is 0.917 bits per heavy atom. The van der Waals surface area contributed by atoms with Gasteiger partial charge in [-0.25, -0.2) is 4.90 Å². The lowest BCUT2D eigenvalue weighted by Crippen LogP contribution is -2.27. The molecule has 3 aromatic carbocycles. The number of hydrogen-bond donors (Lipinski definition) is 0. The van der Waals surface area contributed by atoms with Gasteiger partial charge in [-0.05, 0) is 80.2 Å². The Morgan fingerprint density at radius 3 is 2.28 bits per heavy atom. The average molecular weight is 562 g/mol. The first kappa shape index (κ1) is 26.4. The van der Waals surface area contributed by atoms with Crippen LogP contribution >= 0.6 is 46.6 Å². The van der Waals surface area contributed by atoms with Crippen molar-refractivity contribution in [3.05, 3.63) is 91.8 Å². The number of anilines is 2. The second-order valence-electron chi connectivity index (χ2n) is 7.91. The minimum absolute atomic E-state index is 0.213. The highest BCUT2D eigenvalue weighted by Crippen LogP contribution is 2.38. The first-order valence-electron chi connectivity index (χ1n) is 11.3. The minimum atomic E-state index is -0.396. The zero-order valence-corrected chi connectivity index (χ0v) is 22.7. The van der Waals surface area contributed by atoms with Gasteiger partial charge in [-0.1, -0.05) is 40.9 Å². The highest BCUT2D eigenvalue weighted by molar-refractivity contribution is 8.19. The van der Waals surface area contributed by atoms with Crippen molar-refractivity contribution < 1.29 is 14.3 Å². The largest absolute Gasteiger partial charge is 0.488 e. The zero-order chi connectivity index (χ0) is 25.8. The summed E-state index contributed by atoms with van der Waals surface area (Å²) >= 11 is 19.2. The molecule has 4 rings (SSSR count). The number of benzene rings is 3. The van der Waals surface area contributed by atoms with E-state index in [2.05, 4.69) is 18.7 Å². The van der Waals surface area contributed by atoms with E-state index >= 15 is 0 Å². The van der Waals surface area contributed by atoms with Crippen molar-refractivity contribution in [1.82, 2.24) is 0 Å². The molecule has 0 unspecified atom stereocenters. The lowest BCUT2D eigenvalue weighted by Gasteiger charge is -2.22. The van der Waals surface area contributed by atoms with Gasteiger partial charge in [0, 0.05) is 51.0 Å². The Balaban J connectivity index is 1.67. The van der Waals surface area contributed by atoms with E-state index in [1.165, 1.54) is 0 Å². The Morgan fingerprint density at radius 2 is 1.61 bits per heavy atom. The summed E-state index contributed by atoms with van der Waals surface area (Å²) in [4.78, 5) is 29.5. The number of amides is 2. The van der Waals surface area contributed by atoms with Crippen molar-refractivity contribution in [2.24, 2.45) is 0 Å². The lowest BCUT2D eigenvalue weighted by atomic mass is 10.1. The molecule has 0 atom stereocenters. The molecule has 0 bridgehead atoms. The quantitative estimate of drug-likeness (QED) is 0.259. The average Bonchev–Trinajstić information content (AvgIpc) is 3.13. The molecule has 1 aliphatic heterocycles. The molecule has 186 valence electrons. The fourth-order valence-corrected chi connectivity index (χ4v) is 5.19. The van der Waals surface area contributed by atoms with Gasteiger partial charge in [0.2, 0.25) is 0 Å². The van der Waals surface area contributed by atoms with Crippen LogP contribution in [-0.2, 0) is 11.4 Å². The summed E-state index contributed by atoms with van der Waals surface area (Å²) in [6.07, 6.45) is 1.69. The van der Waals surface area contributed by atoms with Gasteiger partial charge in [-0.2, -0.15) is 0 Å². The van der Waals surface area contributed by atoms with Crippen LogP contribution in [0.15, 0.2) is 65.6 Å². The third kappa shape index (κ3) is 5.84. The second-order valence-corrected chi connectivity index (χ2v) is 10.2. The van der Waals surface area contributed by atoms with E-state index in [9.17, 15) is 9.59 Å². The van der Waals surface area contributed by atoms with Crippen molar-refractivity contribution in [3.8, 4) is 5.75 Å². The van der Waals surface area contributed by atoms with E-state index in [0.717, 1.165) is 41.0 Å². The first-order valence-corrected chi connectivity index (χ1v) is 13.2. The van der Waals surface area contributed by atoms with Gasteiger partial charge in [0.05, 0.1) is 10.6 Å². The predicted molar refractivity (Wildman–Crippen MR) is 151 cm³/mol. The molecule has 1 fully saturated rings. The monoisotopic (exact) mass is 560 g/mol. The van der Waals surface area contributed by atoms with Crippen molar-refractivity contribution in [2.45, 2.75) is 20.5 Å². The highest BCUT2D eigenvalue weighted by atomic mass is 35.5. The molecule has 0 spiro atoms. The number of nitrogens with zero attached hydrogens (tertiary/aromatic N) is 2. The molecule has 9 heteroatoms. The molecular weight excluding hydrogens is 539 g/mol. The Labute approximate surface area is 229 Å². The van der Waals surface area contributed by atoms with Crippen molar-refractivity contribution >= 4 is 75.2 Å². The number of halogens is 3. The third-order valence-electron chi connectivity index (χ3n) is 5.69. The lowest BCUT2D eigenvalue weighted by molar-refractivity contribution is -0.113. The Bertz CT molecular complexity index is 1320. The van der Waals surface area contributed by atoms with Crippen LogP contribution in [0.5, 0.6) is 5.75 Å². The van der Waals surface area contributed by atoms with Crippen molar-refractivity contribution in [2.75, 3.05) is 22.9 Å². The summed E-state index contributed by atoms with van der Waals surface area (Å²) in [6, 6.07) is 17.6. The maximum atomic E-state index is 13.1. The maximum absolute atomic E-state index is 13.1. The fourth-order valence-electron chi connectivity index (χ4n) is 3.77. The van der Waals surface area contributed by atoms with Crippen LogP contribution in [0.1, 0.15) is 25.0 Å². The fraction of sp³-hybridized carbons (Fsp3) is 0.185. The molecule has 1 saturated heterocycles. The van der Waals surface area contributed by atoms with Crippen LogP contribution in [0.2, 0.25) is 15.1 Å². The van der Waals surface area contributed by atoms with E-state index < -0.39 is 5.91 Å². The second kappa shape index (κ2) is 11.6. The Hall–Kier alpha value is -2.64. The molecule has 5 nitrogen and oxygen atoms in total. The molecular formula is C27H23Cl3N2O3S. The normalized spacial score (nSPS) is 14.6. The van der Waals surface area contributed by atoms with Crippen molar-refractivity contribution in [1.29, 1.82) is 0 Å². The van der Waals surface area contributed by atoms with E-state index in [-0.39, 0.29) is 11.8 Å². The van der Waals surface area contributed by atoms with Crippen LogP contribution in [0.25, 0.3) is 6.08 Å². The minimum Gasteiger partial charge on any atom is -0.488 e. The van der Waals surface area contributed by atoms with Crippen LogP contribution in [0.4, 0.5) is 16.2 Å². The summed E-state index contributed by atoms with van der Waals surface area (Å²) in [5.74, 6) is 0.176. The van der Waals surface area contributed by atoms with E-state index in [1.807, 2.05) is 24.3 Å². The molecule has 0 N–H and O–H groups in total. The van der Waals surface area contributed by atoms with Gasteiger partial charge in [0.25, 0.3) is 11.1 Å². The van der Waals surface area contributed by atoms with Crippen LogP contribution in [0.3, 0.4) is 0 Å². The summed E-state index contributed by atoms with van der Waals surface area (Å²) < 4.78 is 6.19. The van der Waals surface area contributed by atoms with E-state index in [4.69, 9.17) is 39.5 Å². The molecule has 1 aliphatic rings. The number of carbonyl (C=O) groups is 2. The van der Waals surface area contributed by atoms with Gasteiger partial charge in [0.15, 0.2) is 0 Å². The summed E-state index contributed by atoms with van der Waals surface area (Å²) in [7, 11) is 0. The number of hydrogen-bond acceptors (Lipinski definition) is 5. The number of carbonyl (C=O) groups excluding carboxylic acids is 2. The smallest absolute Gasteiger partial charge is 0.298 e. The maximum Gasteiger partial charge on any atom is 0.298 e. The number of thioether (sulfide) groups is 1. The highest BCUT2D eigenvalue weighted by Gasteiger charge is 2.36. The van der Waals surface area contributed by atoms with Gasteiger partial charge in [0.1, 0.15) is 12.4 Å². The van der Waals surface area contributed by atoms with Gasteiger partial charge in [-0.3, -0.25) is 9.59 Å². The first-order chi connectivity index (χ1) is 17.3. The summed E-state index contributed by atoms with van der Waals surface area (Å²) in [5.41, 5.74) is 2.92. The molecule has 0 aliphatic carbocycles.